The molecule has 2 aromatic carbocycles. The lowest BCUT2D eigenvalue weighted by Gasteiger charge is -2.18. The number of carbonyl (C=O) groups is 2. The lowest BCUT2D eigenvalue weighted by Crippen LogP contribution is -2.15. The van der Waals surface area contributed by atoms with Crippen LogP contribution < -0.4 is 16.0 Å². The van der Waals surface area contributed by atoms with E-state index < -0.39 is 17.9 Å². The third kappa shape index (κ3) is 12.0. The van der Waals surface area contributed by atoms with Gasteiger partial charge in [0.2, 0.25) is 16.9 Å². The maximum absolute atomic E-state index is 12.5. The number of anilines is 4. The monoisotopic (exact) mass is 825 g/mol. The van der Waals surface area contributed by atoms with Crippen LogP contribution in [0, 0.1) is 32.1 Å². The Morgan fingerprint density at radius 2 is 1.53 bits per heavy atom. The number of hydrogen-bond donors (Lipinski definition) is 3. The molecule has 0 spiro atoms. The van der Waals surface area contributed by atoms with Crippen LogP contribution >= 0.6 is 11.3 Å². The number of thiazole rings is 1. The van der Waals surface area contributed by atoms with Crippen molar-refractivity contribution >= 4 is 68.3 Å². The van der Waals surface area contributed by atoms with Crippen LogP contribution in [0.4, 0.5) is 34.8 Å². The molecular formula is C41H51N11O6S. The first-order chi connectivity index (χ1) is 28.6. The average Bonchev–Trinajstić information content (AvgIpc) is 3.83. The fourth-order valence-electron chi connectivity index (χ4n) is 6.32. The van der Waals surface area contributed by atoms with Crippen molar-refractivity contribution in [2.24, 2.45) is 10.2 Å². The van der Waals surface area contributed by atoms with E-state index in [-0.39, 0.29) is 37.4 Å². The zero-order chi connectivity index (χ0) is 42.3. The summed E-state index contributed by atoms with van der Waals surface area (Å²) in [6.45, 7) is 12.3. The van der Waals surface area contributed by atoms with Crippen LogP contribution in [-0.2, 0) is 28.5 Å². The second kappa shape index (κ2) is 21.6. The Bertz CT molecular complexity index is 2260. The number of esters is 2. The Kier molecular flexibility index (Phi) is 16.2. The maximum atomic E-state index is 12.5. The van der Waals surface area contributed by atoms with Gasteiger partial charge in [0.1, 0.15) is 11.6 Å². The number of fused-ring (bicyclic) bond motifs is 1. The summed E-state index contributed by atoms with van der Waals surface area (Å²) >= 11 is 1.33. The molecule has 312 valence electrons. The largest absolute Gasteiger partial charge is 0.466 e. The molecule has 18 heteroatoms. The Morgan fingerprint density at radius 3 is 2.15 bits per heavy atom. The van der Waals surface area contributed by atoms with Gasteiger partial charge in [-0.2, -0.15) is 15.2 Å². The second-order valence-corrected chi connectivity index (χ2v) is 14.6. The first-order valence-electron chi connectivity index (χ1n) is 19.4. The van der Waals surface area contributed by atoms with Gasteiger partial charge in [0.05, 0.1) is 42.5 Å². The van der Waals surface area contributed by atoms with E-state index in [1.54, 1.807) is 34.3 Å². The number of nitrogens with zero attached hydrogens (tertiary/aromatic N) is 8. The summed E-state index contributed by atoms with van der Waals surface area (Å²) in [7, 11) is 3.31. The number of aryl methyl sites for hydroxylation is 3. The van der Waals surface area contributed by atoms with Gasteiger partial charge in [0.15, 0.2) is 17.3 Å². The lowest BCUT2D eigenvalue weighted by molar-refractivity contribution is -0.145. The molecule has 0 fully saturated rings. The summed E-state index contributed by atoms with van der Waals surface area (Å²) in [5.74, 6) is 0.0131. The summed E-state index contributed by atoms with van der Waals surface area (Å²) in [6.07, 6.45) is 3.04. The number of carbonyl (C=O) groups excluding carboxylic acids is 2. The molecule has 3 heterocycles. The smallest absolute Gasteiger partial charge is 0.306 e. The molecule has 3 aromatic heterocycles. The molecule has 0 bridgehead atoms. The van der Waals surface area contributed by atoms with Crippen molar-refractivity contribution in [1.29, 1.82) is 5.26 Å². The molecule has 17 nitrogen and oxygen atoms in total. The highest BCUT2D eigenvalue weighted by Crippen LogP contribution is 2.38. The summed E-state index contributed by atoms with van der Waals surface area (Å²) < 4.78 is 23.1. The number of rotatable bonds is 22. The van der Waals surface area contributed by atoms with Crippen LogP contribution in [0.15, 0.2) is 46.8 Å². The van der Waals surface area contributed by atoms with Gasteiger partial charge in [-0.25, -0.2) is 9.67 Å². The molecule has 0 aliphatic carbocycles. The third-order valence-corrected chi connectivity index (χ3v) is 10.0. The highest BCUT2D eigenvalue weighted by molar-refractivity contribution is 7.20. The molecule has 5 rings (SSSR count). The predicted molar refractivity (Wildman–Crippen MR) is 227 cm³/mol. The van der Waals surface area contributed by atoms with Gasteiger partial charge < -0.3 is 34.9 Å². The van der Waals surface area contributed by atoms with Crippen LogP contribution in [0.5, 0.6) is 0 Å². The van der Waals surface area contributed by atoms with E-state index in [4.69, 9.17) is 33.9 Å². The molecule has 0 amide bonds. The Labute approximate surface area is 347 Å². The van der Waals surface area contributed by atoms with Crippen LogP contribution in [-0.4, -0.2) is 90.4 Å². The topological polar surface area (TPSA) is 212 Å². The van der Waals surface area contributed by atoms with E-state index >= 15 is 0 Å². The number of azo groups is 1. The summed E-state index contributed by atoms with van der Waals surface area (Å²) in [6, 6.07) is 11.9. The number of aromatic nitrogens is 5. The average molecular weight is 826 g/mol. The number of nitrogens with one attached hydrogen (secondary N) is 3. The number of benzene rings is 2. The second-order valence-electron chi connectivity index (χ2n) is 13.6. The predicted octanol–water partition coefficient (Wildman–Crippen LogP) is 8.11. The van der Waals surface area contributed by atoms with E-state index in [0.29, 0.717) is 66.6 Å². The molecule has 59 heavy (non-hydrogen) atoms. The van der Waals surface area contributed by atoms with E-state index in [1.165, 1.54) is 16.0 Å². The standard InChI is InChI=1S/C41H51N11O6S/c1-8-57-33(53)21-29(22-34(54)58-9-2)28-12-13-31-32(20-28)59-41(45-31)52-24-30(23-42)37(51-52)50-49-36-38(43-14-10-16-55-6)47-40(44-15-11-17-56-7)48-39(36)46-35-26(4)18-25(3)19-27(35)5/h12-13,18-20,24,29H,8-11,14-17,21-22H2,1-7H3,(H3,43,44,46,47,48). The molecule has 0 saturated heterocycles. The highest BCUT2D eigenvalue weighted by atomic mass is 32.1. The Morgan fingerprint density at radius 1 is 0.881 bits per heavy atom. The molecule has 0 atom stereocenters. The quantitative estimate of drug-likeness (QED) is 0.0342. The first kappa shape index (κ1) is 44.1. The summed E-state index contributed by atoms with van der Waals surface area (Å²) in [4.78, 5) is 39.3. The zero-order valence-electron chi connectivity index (χ0n) is 34.5. The highest BCUT2D eigenvalue weighted by Gasteiger charge is 2.23. The molecule has 3 N–H and O–H groups in total. The van der Waals surface area contributed by atoms with Crippen molar-refractivity contribution < 1.29 is 28.5 Å². The number of nitriles is 1. The minimum Gasteiger partial charge on any atom is -0.466 e. The summed E-state index contributed by atoms with van der Waals surface area (Å²) in [5, 5.41) is 34.5. The Hall–Kier alpha value is -6.03. The van der Waals surface area contributed by atoms with Crippen LogP contribution in [0.1, 0.15) is 73.3 Å². The zero-order valence-corrected chi connectivity index (χ0v) is 35.4. The number of methoxy groups -OCH3 is 2. The van der Waals surface area contributed by atoms with E-state index in [2.05, 4.69) is 49.5 Å². The normalized spacial score (nSPS) is 11.3. The first-order valence-corrected chi connectivity index (χ1v) is 20.2. The maximum Gasteiger partial charge on any atom is 0.306 e. The van der Waals surface area contributed by atoms with Crippen LogP contribution in [0.3, 0.4) is 0 Å². The molecule has 5 aromatic rings. The van der Waals surface area contributed by atoms with Crippen molar-refractivity contribution in [1.82, 2.24) is 24.7 Å². The van der Waals surface area contributed by atoms with Crippen LogP contribution in [0.2, 0.25) is 0 Å². The van der Waals surface area contributed by atoms with E-state index in [0.717, 1.165) is 39.1 Å². The van der Waals surface area contributed by atoms with Gasteiger partial charge in [-0.1, -0.05) is 35.1 Å². The fraction of sp³-hybridized carbons (Fsp3) is 0.439. The van der Waals surface area contributed by atoms with Gasteiger partial charge in [-0.15, -0.1) is 15.3 Å². The van der Waals surface area contributed by atoms with E-state index in [1.807, 2.05) is 39.0 Å². The lowest BCUT2D eigenvalue weighted by atomic mass is 9.92. The molecular weight excluding hydrogens is 775 g/mol. The van der Waals surface area contributed by atoms with Gasteiger partial charge >= 0.3 is 11.9 Å². The molecule has 0 aliphatic heterocycles. The van der Waals surface area contributed by atoms with Gasteiger partial charge in [0.25, 0.3) is 0 Å². The van der Waals surface area contributed by atoms with Crippen molar-refractivity contribution in [3.63, 3.8) is 0 Å². The minimum atomic E-state index is -0.452. The van der Waals surface area contributed by atoms with Crippen molar-refractivity contribution in [2.75, 3.05) is 69.7 Å². The molecule has 0 unspecified atom stereocenters. The van der Waals surface area contributed by atoms with Gasteiger partial charge in [-0.3, -0.25) is 9.59 Å². The van der Waals surface area contributed by atoms with Crippen molar-refractivity contribution in [3.05, 3.63) is 64.3 Å². The van der Waals surface area contributed by atoms with Crippen molar-refractivity contribution in [2.45, 2.75) is 66.2 Å². The number of hydrogen-bond acceptors (Lipinski definition) is 17. The molecule has 0 saturated carbocycles. The van der Waals surface area contributed by atoms with Crippen LogP contribution in [0.25, 0.3) is 15.3 Å². The summed E-state index contributed by atoms with van der Waals surface area (Å²) in [5.41, 5.74) is 5.98. The third-order valence-electron chi connectivity index (χ3n) is 9.00. The van der Waals surface area contributed by atoms with E-state index in [9.17, 15) is 14.9 Å². The number of ether oxygens (including phenoxy) is 4. The molecule has 0 radical (unpaired) electrons. The van der Waals surface area contributed by atoms with Gasteiger partial charge in [-0.05, 0) is 76.3 Å². The minimum absolute atomic E-state index is 0.0212. The van der Waals surface area contributed by atoms with Gasteiger partial charge in [0, 0.05) is 52.1 Å². The Balaban J connectivity index is 1.52. The SMILES string of the molecule is CCOC(=O)CC(CC(=O)OCC)c1ccc2nc(-n3cc(C#N)c(N=Nc4c(NCCCOC)nc(NCCCOC)nc4Nc4c(C)cc(C)cc4C)n3)sc2c1. The fourth-order valence-corrected chi connectivity index (χ4v) is 7.26. The van der Waals surface area contributed by atoms with Crippen molar-refractivity contribution in [3.8, 4) is 11.2 Å². The molecule has 0 aliphatic rings.